The molecule has 3 fully saturated rings. The topological polar surface area (TPSA) is 107 Å². The van der Waals surface area contributed by atoms with Crippen LogP contribution in [0.4, 0.5) is 13.2 Å². The van der Waals surface area contributed by atoms with E-state index in [2.05, 4.69) is 5.48 Å². The van der Waals surface area contributed by atoms with Crippen LogP contribution in [0.5, 0.6) is 5.75 Å². The summed E-state index contributed by atoms with van der Waals surface area (Å²) in [5.74, 6) is 0.298. The molecule has 0 saturated carbocycles. The molecule has 3 aliphatic rings. The molecular weight excluding hydrogens is 505 g/mol. The Balaban J connectivity index is 1.37. The van der Waals surface area contributed by atoms with Gasteiger partial charge in [-0.25, -0.2) is 12.7 Å². The summed E-state index contributed by atoms with van der Waals surface area (Å²) in [6.07, 6.45) is -3.38. The first kappa shape index (κ1) is 27.6. The highest BCUT2D eigenvalue weighted by atomic mass is 32.2. The lowest BCUT2D eigenvalue weighted by atomic mass is 9.97. The van der Waals surface area contributed by atoms with Gasteiger partial charge >= 0.3 is 6.18 Å². The molecule has 3 heterocycles. The number of nitrogens with zero attached hydrogens (tertiary/aromatic N) is 1. The molecule has 4 rings (SSSR count). The maximum Gasteiger partial charge on any atom is 0.416 e. The van der Waals surface area contributed by atoms with Crippen molar-refractivity contribution >= 4 is 10.0 Å². The zero-order valence-corrected chi connectivity index (χ0v) is 20.7. The highest BCUT2D eigenvalue weighted by molar-refractivity contribution is 7.90. The van der Waals surface area contributed by atoms with Gasteiger partial charge in [-0.05, 0) is 62.8 Å². The fourth-order valence-electron chi connectivity index (χ4n) is 4.80. The first-order chi connectivity index (χ1) is 17.1. The van der Waals surface area contributed by atoms with Crippen LogP contribution in [0.2, 0.25) is 0 Å². The van der Waals surface area contributed by atoms with Crippen molar-refractivity contribution in [2.24, 2.45) is 0 Å². The van der Waals surface area contributed by atoms with Crippen LogP contribution in [0.1, 0.15) is 50.5 Å². The fraction of sp³-hybridized carbons (Fsp3) is 0.739. The predicted molar refractivity (Wildman–Crippen MR) is 122 cm³/mol. The first-order valence-corrected chi connectivity index (χ1v) is 13.7. The minimum absolute atomic E-state index is 0.0976. The smallest absolute Gasteiger partial charge is 0.416 e. The molecule has 204 valence electrons. The lowest BCUT2D eigenvalue weighted by molar-refractivity contribution is -0.226. The Labute approximate surface area is 208 Å². The van der Waals surface area contributed by atoms with Crippen molar-refractivity contribution in [3.8, 4) is 5.75 Å². The molecule has 3 saturated heterocycles. The molecule has 2 N–H and O–H groups in total. The fourth-order valence-corrected chi connectivity index (χ4v) is 7.02. The molecule has 0 amide bonds. The molecule has 0 spiro atoms. The van der Waals surface area contributed by atoms with Crippen LogP contribution in [-0.4, -0.2) is 74.1 Å². The quantitative estimate of drug-likeness (QED) is 0.385. The van der Waals surface area contributed by atoms with E-state index in [1.165, 1.54) is 16.4 Å². The number of benzene rings is 1. The van der Waals surface area contributed by atoms with Crippen molar-refractivity contribution in [2.75, 3.05) is 32.9 Å². The Kier molecular flexibility index (Phi) is 8.80. The van der Waals surface area contributed by atoms with Gasteiger partial charge in [0.05, 0.1) is 5.56 Å². The van der Waals surface area contributed by atoms with Crippen molar-refractivity contribution in [3.63, 3.8) is 0 Å². The summed E-state index contributed by atoms with van der Waals surface area (Å²) < 4.78 is 82.4. The monoisotopic (exact) mass is 538 g/mol. The maximum atomic E-state index is 13.8. The van der Waals surface area contributed by atoms with E-state index in [1.54, 1.807) is 0 Å². The van der Waals surface area contributed by atoms with Crippen molar-refractivity contribution < 1.29 is 45.7 Å². The lowest BCUT2D eigenvalue weighted by Crippen LogP contribution is -2.63. The Morgan fingerprint density at radius 3 is 2.31 bits per heavy atom. The van der Waals surface area contributed by atoms with Crippen molar-refractivity contribution in [1.82, 2.24) is 9.79 Å². The predicted octanol–water partition coefficient (Wildman–Crippen LogP) is 2.79. The number of hydrogen-bond acceptors (Lipinski definition) is 8. The van der Waals surface area contributed by atoms with Crippen LogP contribution >= 0.6 is 0 Å². The van der Waals surface area contributed by atoms with Gasteiger partial charge in [-0.1, -0.05) is 0 Å². The molecular formula is C23H33F3N2O7S. The number of hydrogen-bond donors (Lipinski definition) is 2. The van der Waals surface area contributed by atoms with E-state index in [9.17, 15) is 26.7 Å². The first-order valence-electron chi connectivity index (χ1n) is 12.2. The molecule has 0 bridgehead atoms. The van der Waals surface area contributed by atoms with Crippen LogP contribution in [-0.2, 0) is 30.5 Å². The Morgan fingerprint density at radius 2 is 1.72 bits per heavy atom. The second-order valence-corrected chi connectivity index (χ2v) is 11.6. The van der Waals surface area contributed by atoms with Crippen molar-refractivity contribution in [3.05, 3.63) is 29.8 Å². The standard InChI is InChI=1S/C23H33F3N2O7S/c24-23(25,26)17-4-6-18(7-5-17)34-19-8-12-28(13-9-19)36(30,31)22(10-15-32-16-11-22)21(29)27-35-20-3-1-2-14-33-20/h4-7,19-21,27,29H,1-3,8-16H2. The number of ether oxygens (including phenoxy) is 3. The largest absolute Gasteiger partial charge is 0.490 e. The number of hydroxylamine groups is 1. The summed E-state index contributed by atoms with van der Waals surface area (Å²) in [4.78, 5) is 5.48. The Bertz CT molecular complexity index is 941. The SMILES string of the molecule is O=S(=O)(N1CCC(Oc2ccc(C(F)(F)F)cc2)CC1)C1(C(O)NOC2CCCCO2)CCOCC1. The zero-order valence-electron chi connectivity index (χ0n) is 19.9. The van der Waals surface area contributed by atoms with Crippen molar-refractivity contribution in [1.29, 1.82) is 0 Å². The molecule has 0 radical (unpaired) electrons. The molecule has 2 atom stereocenters. The number of rotatable bonds is 8. The van der Waals surface area contributed by atoms with Crippen LogP contribution < -0.4 is 10.2 Å². The Morgan fingerprint density at radius 1 is 1.06 bits per heavy atom. The van der Waals surface area contributed by atoms with Gasteiger partial charge in [0.25, 0.3) is 0 Å². The maximum absolute atomic E-state index is 13.8. The van der Waals surface area contributed by atoms with E-state index in [0.29, 0.717) is 31.6 Å². The summed E-state index contributed by atoms with van der Waals surface area (Å²) in [5.41, 5.74) is 1.77. The van der Waals surface area contributed by atoms with E-state index in [1.807, 2.05) is 0 Å². The third kappa shape index (κ3) is 6.14. The second-order valence-electron chi connectivity index (χ2n) is 9.35. The summed E-state index contributed by atoms with van der Waals surface area (Å²) in [5, 5.41) is 11.0. The van der Waals surface area contributed by atoms with Crippen LogP contribution in [0.25, 0.3) is 0 Å². The molecule has 0 aromatic heterocycles. The number of aliphatic hydroxyl groups is 1. The average Bonchev–Trinajstić information content (AvgIpc) is 2.88. The van der Waals surface area contributed by atoms with Gasteiger partial charge in [0.1, 0.15) is 22.8 Å². The number of nitrogens with one attached hydrogen (secondary N) is 1. The van der Waals surface area contributed by atoms with Crippen LogP contribution in [0, 0.1) is 0 Å². The van der Waals surface area contributed by atoms with E-state index in [4.69, 9.17) is 19.0 Å². The normalized spacial score (nSPS) is 25.4. The van der Waals surface area contributed by atoms with Gasteiger partial charge in [0, 0.05) is 39.3 Å². The number of halogens is 3. The van der Waals surface area contributed by atoms with Gasteiger partial charge in [0.2, 0.25) is 10.0 Å². The summed E-state index contributed by atoms with van der Waals surface area (Å²) >= 11 is 0. The highest BCUT2D eigenvalue weighted by Crippen LogP contribution is 2.37. The third-order valence-corrected chi connectivity index (χ3v) is 9.73. The van der Waals surface area contributed by atoms with Crippen LogP contribution in [0.3, 0.4) is 0 Å². The molecule has 13 heteroatoms. The van der Waals surface area contributed by atoms with Gasteiger partial charge in [-0.2, -0.15) is 18.7 Å². The van der Waals surface area contributed by atoms with Gasteiger partial charge in [0.15, 0.2) is 6.29 Å². The van der Waals surface area contributed by atoms with Crippen molar-refractivity contribution in [2.45, 2.75) is 74.5 Å². The third-order valence-electron chi connectivity index (χ3n) is 7.03. The number of aliphatic hydroxyl groups excluding tert-OH is 1. The summed E-state index contributed by atoms with van der Waals surface area (Å²) in [6.45, 7) is 1.24. The van der Waals surface area contributed by atoms with E-state index >= 15 is 0 Å². The van der Waals surface area contributed by atoms with E-state index < -0.39 is 39.0 Å². The summed E-state index contributed by atoms with van der Waals surface area (Å²) in [6, 6.07) is 4.44. The Hall–Kier alpha value is -1.48. The number of alkyl halides is 3. The van der Waals surface area contributed by atoms with Gasteiger partial charge < -0.3 is 19.3 Å². The van der Waals surface area contributed by atoms with E-state index in [-0.39, 0.29) is 45.2 Å². The molecule has 1 aromatic carbocycles. The molecule has 0 aliphatic carbocycles. The number of sulfonamides is 1. The summed E-state index contributed by atoms with van der Waals surface area (Å²) in [7, 11) is -3.98. The molecule has 2 unspecified atom stereocenters. The van der Waals surface area contributed by atoms with E-state index in [0.717, 1.165) is 25.0 Å². The van der Waals surface area contributed by atoms with Crippen LogP contribution in [0.15, 0.2) is 24.3 Å². The highest BCUT2D eigenvalue weighted by Gasteiger charge is 2.54. The second kappa shape index (κ2) is 11.5. The number of piperidine rings is 1. The molecule has 9 nitrogen and oxygen atoms in total. The minimum Gasteiger partial charge on any atom is -0.490 e. The molecule has 3 aliphatic heterocycles. The molecule has 36 heavy (non-hydrogen) atoms. The van der Waals surface area contributed by atoms with Gasteiger partial charge in [-0.15, -0.1) is 0 Å². The van der Waals surface area contributed by atoms with Gasteiger partial charge in [-0.3, -0.25) is 4.84 Å². The zero-order chi connectivity index (χ0) is 25.8. The average molecular weight is 539 g/mol. The molecule has 1 aromatic rings. The minimum atomic E-state index is -4.42. The lowest BCUT2D eigenvalue weighted by Gasteiger charge is -2.44.